The number of guanidine groups is 1. The number of aliphatic hydroxyl groups excluding tert-OH is 3. The van der Waals surface area contributed by atoms with Crippen LogP contribution >= 0.6 is 0 Å². The molecule has 0 saturated carbocycles. The molecule has 0 aliphatic carbocycles. The molecule has 0 radical (unpaired) electrons. The summed E-state index contributed by atoms with van der Waals surface area (Å²) in [7, 11) is 0. The zero-order valence-corrected chi connectivity index (χ0v) is 10.2. The Labute approximate surface area is 112 Å². The van der Waals surface area contributed by atoms with E-state index in [2.05, 4.69) is 10.3 Å². The molecule has 11 nitrogen and oxygen atoms in total. The van der Waals surface area contributed by atoms with Crippen molar-refractivity contribution in [3.05, 3.63) is 0 Å². The molecule has 20 heavy (non-hydrogen) atoms. The number of aliphatic imine (C=N–C) groups is 1. The number of nitrogens with two attached hydrogens (primary N) is 2. The van der Waals surface area contributed by atoms with Crippen LogP contribution < -0.4 is 16.8 Å². The summed E-state index contributed by atoms with van der Waals surface area (Å²) in [6.07, 6.45) is -6.92. The Morgan fingerprint density at radius 2 is 2.10 bits per heavy atom. The average Bonchev–Trinajstić information content (AvgIpc) is 2.83. The Kier molecular flexibility index (Phi) is 3.76. The molecule has 0 spiro atoms. The van der Waals surface area contributed by atoms with Crippen LogP contribution in [0.3, 0.4) is 0 Å². The normalized spacial score (nSPS) is 36.6. The molecule has 1 fully saturated rings. The van der Waals surface area contributed by atoms with Crippen LogP contribution in [0, 0.1) is 0 Å². The Balaban J connectivity index is 2.26. The van der Waals surface area contributed by atoms with Gasteiger partial charge in [0.2, 0.25) is 6.17 Å². The van der Waals surface area contributed by atoms with Gasteiger partial charge in [0.25, 0.3) is 5.91 Å². The molecule has 2 aliphatic rings. The minimum Gasteiger partial charge on any atom is -0.394 e. The van der Waals surface area contributed by atoms with Crippen molar-refractivity contribution in [2.24, 2.45) is 16.5 Å². The lowest BCUT2D eigenvalue weighted by Gasteiger charge is -2.30. The quantitative estimate of drug-likeness (QED) is 0.302. The lowest BCUT2D eigenvalue weighted by Crippen LogP contribution is -2.56. The second-order valence-corrected chi connectivity index (χ2v) is 4.35. The molecule has 1 unspecified atom stereocenters. The van der Waals surface area contributed by atoms with Gasteiger partial charge >= 0.3 is 6.03 Å². The molecular formula is C9H15N5O6. The van der Waals surface area contributed by atoms with Crippen molar-refractivity contribution >= 4 is 17.9 Å². The van der Waals surface area contributed by atoms with E-state index < -0.39 is 49.3 Å². The summed E-state index contributed by atoms with van der Waals surface area (Å²) >= 11 is 0. The van der Waals surface area contributed by atoms with Crippen molar-refractivity contribution in [3.8, 4) is 0 Å². The largest absolute Gasteiger partial charge is 0.394 e. The number of primary amides is 1. The van der Waals surface area contributed by atoms with Gasteiger partial charge in [0, 0.05) is 0 Å². The summed E-state index contributed by atoms with van der Waals surface area (Å²) < 4.78 is 5.14. The monoisotopic (exact) mass is 289 g/mol. The first kappa shape index (κ1) is 14.5. The summed E-state index contributed by atoms with van der Waals surface area (Å²) in [5, 5.41) is 30.6. The van der Waals surface area contributed by atoms with Gasteiger partial charge in [0.1, 0.15) is 18.3 Å². The maximum atomic E-state index is 11.6. The number of carbonyl (C=O) groups excluding carboxylic acids is 2. The van der Waals surface area contributed by atoms with E-state index in [4.69, 9.17) is 21.3 Å². The number of nitrogens with zero attached hydrogens (tertiary/aromatic N) is 2. The predicted molar refractivity (Wildman–Crippen MR) is 62.7 cm³/mol. The van der Waals surface area contributed by atoms with Gasteiger partial charge in [-0.2, -0.15) is 0 Å². The van der Waals surface area contributed by atoms with Crippen LogP contribution in [-0.4, -0.2) is 75.4 Å². The first-order chi connectivity index (χ1) is 9.36. The van der Waals surface area contributed by atoms with Crippen molar-refractivity contribution in [2.75, 3.05) is 6.61 Å². The lowest BCUT2D eigenvalue weighted by atomic mass is 10.1. The predicted octanol–water partition coefficient (Wildman–Crippen LogP) is -4.42. The van der Waals surface area contributed by atoms with Gasteiger partial charge < -0.3 is 31.5 Å². The van der Waals surface area contributed by atoms with E-state index in [1.807, 2.05) is 0 Å². The minimum atomic E-state index is -1.55. The van der Waals surface area contributed by atoms with Crippen molar-refractivity contribution in [1.29, 1.82) is 0 Å². The summed E-state index contributed by atoms with van der Waals surface area (Å²) in [5.41, 5.74) is 10.5. The fourth-order valence-electron chi connectivity index (χ4n) is 2.10. The topological polar surface area (TPSA) is 184 Å². The van der Waals surface area contributed by atoms with E-state index in [0.717, 1.165) is 0 Å². The highest BCUT2D eigenvalue weighted by molar-refractivity contribution is 6.05. The molecule has 0 aromatic heterocycles. The number of hydrogen-bond acceptors (Lipinski definition) is 8. The van der Waals surface area contributed by atoms with Gasteiger partial charge in [-0.1, -0.05) is 0 Å². The Morgan fingerprint density at radius 3 is 2.50 bits per heavy atom. The number of amides is 3. The molecule has 0 bridgehead atoms. The number of ether oxygens (including phenoxy) is 1. The zero-order chi connectivity index (χ0) is 15.0. The SMILES string of the molecule is NC(=O)N(C1N=C(N)NC1=O)[C@@H]1O[C@H](CO)[C@@H](O)[C@H]1O. The minimum absolute atomic E-state index is 0.210. The summed E-state index contributed by atoms with van der Waals surface area (Å²) in [4.78, 5) is 27.4. The van der Waals surface area contributed by atoms with Gasteiger partial charge in [-0.25, -0.2) is 9.79 Å². The Hall–Kier alpha value is -1.95. The van der Waals surface area contributed by atoms with Crippen LogP contribution in [0.4, 0.5) is 4.79 Å². The first-order valence-corrected chi connectivity index (χ1v) is 5.71. The number of carbonyl (C=O) groups is 2. The van der Waals surface area contributed by atoms with Crippen molar-refractivity contribution in [3.63, 3.8) is 0 Å². The summed E-state index contributed by atoms with van der Waals surface area (Å²) in [6.45, 7) is -0.580. The van der Waals surface area contributed by atoms with Crippen LogP contribution in [0.5, 0.6) is 0 Å². The molecule has 2 heterocycles. The number of rotatable bonds is 3. The Morgan fingerprint density at radius 1 is 1.45 bits per heavy atom. The first-order valence-electron chi connectivity index (χ1n) is 5.71. The number of aliphatic hydroxyl groups is 3. The smallest absolute Gasteiger partial charge is 0.319 e. The molecule has 112 valence electrons. The maximum Gasteiger partial charge on any atom is 0.319 e. The molecule has 0 aromatic rings. The fraction of sp³-hybridized carbons (Fsp3) is 0.667. The molecule has 2 rings (SSSR count). The molecule has 1 saturated heterocycles. The summed E-state index contributed by atoms with van der Waals surface area (Å²) in [5.74, 6) is -0.933. The van der Waals surface area contributed by atoms with Crippen molar-refractivity contribution in [2.45, 2.75) is 30.7 Å². The number of nitrogens with one attached hydrogen (secondary N) is 1. The molecule has 5 atom stereocenters. The highest BCUT2D eigenvalue weighted by Gasteiger charge is 2.50. The van der Waals surface area contributed by atoms with Crippen LogP contribution in [0.25, 0.3) is 0 Å². The van der Waals surface area contributed by atoms with Crippen LogP contribution in [0.15, 0.2) is 4.99 Å². The number of urea groups is 1. The third-order valence-electron chi connectivity index (χ3n) is 3.06. The van der Waals surface area contributed by atoms with Gasteiger partial charge in [0.15, 0.2) is 12.2 Å². The van der Waals surface area contributed by atoms with Crippen LogP contribution in [0.2, 0.25) is 0 Å². The van der Waals surface area contributed by atoms with Gasteiger partial charge in [-0.3, -0.25) is 15.0 Å². The fourth-order valence-corrected chi connectivity index (χ4v) is 2.10. The lowest BCUT2D eigenvalue weighted by molar-refractivity contribution is -0.131. The van der Waals surface area contributed by atoms with Gasteiger partial charge in [-0.15, -0.1) is 0 Å². The van der Waals surface area contributed by atoms with Crippen molar-refractivity contribution < 1.29 is 29.6 Å². The zero-order valence-electron chi connectivity index (χ0n) is 10.2. The van der Waals surface area contributed by atoms with E-state index >= 15 is 0 Å². The molecule has 3 amide bonds. The molecule has 11 heteroatoms. The van der Waals surface area contributed by atoms with Gasteiger partial charge in [-0.05, 0) is 0 Å². The third kappa shape index (κ3) is 2.27. The second kappa shape index (κ2) is 5.20. The van der Waals surface area contributed by atoms with Gasteiger partial charge in [0.05, 0.1) is 6.61 Å². The van der Waals surface area contributed by atoms with E-state index in [1.165, 1.54) is 0 Å². The highest BCUT2D eigenvalue weighted by atomic mass is 16.6. The summed E-state index contributed by atoms with van der Waals surface area (Å²) in [6, 6.07) is -1.10. The molecule has 2 aliphatic heterocycles. The molecule has 0 aromatic carbocycles. The third-order valence-corrected chi connectivity index (χ3v) is 3.06. The van der Waals surface area contributed by atoms with Crippen LogP contribution in [0.1, 0.15) is 0 Å². The second-order valence-electron chi connectivity index (χ2n) is 4.35. The van der Waals surface area contributed by atoms with Crippen molar-refractivity contribution in [1.82, 2.24) is 10.2 Å². The Bertz CT molecular complexity index is 456. The molecular weight excluding hydrogens is 274 g/mol. The number of hydrogen-bond donors (Lipinski definition) is 6. The van der Waals surface area contributed by atoms with E-state index in [-0.39, 0.29) is 5.96 Å². The maximum absolute atomic E-state index is 11.6. The van der Waals surface area contributed by atoms with E-state index in [9.17, 15) is 19.8 Å². The molecule has 8 N–H and O–H groups in total. The average molecular weight is 289 g/mol. The van der Waals surface area contributed by atoms with E-state index in [0.29, 0.717) is 4.90 Å². The van der Waals surface area contributed by atoms with E-state index in [1.54, 1.807) is 0 Å². The highest BCUT2D eigenvalue weighted by Crippen LogP contribution is 2.26. The van der Waals surface area contributed by atoms with Crippen LogP contribution in [-0.2, 0) is 9.53 Å². The standard InChI is InChI=1S/C9H15N5O6/c10-8-12-5(6(18)13-8)14(9(11)19)7-4(17)3(16)2(1-15)20-7/h2-5,7,15-17H,1H2,(H2,11,19)(H3,10,12,13,18)/t2-,3-,4-,5?,7-/m1/s1.